The lowest BCUT2D eigenvalue weighted by molar-refractivity contribution is 0.0235. The average molecular weight is 320 g/mol. The predicted molar refractivity (Wildman–Crippen MR) is 91.7 cm³/mol. The van der Waals surface area contributed by atoms with Crippen LogP contribution in [0.5, 0.6) is 0 Å². The number of rotatable bonds is 5. The summed E-state index contributed by atoms with van der Waals surface area (Å²) in [6, 6.07) is 8.22. The highest BCUT2D eigenvalue weighted by Gasteiger charge is 2.31. The van der Waals surface area contributed by atoms with Crippen LogP contribution >= 0.6 is 0 Å². The zero-order valence-corrected chi connectivity index (χ0v) is 14.3. The minimum Gasteiger partial charge on any atom is -0.444 e. The number of nitrogens with zero attached hydrogens (tertiary/aromatic N) is 1. The van der Waals surface area contributed by atoms with E-state index in [2.05, 4.69) is 5.32 Å². The highest BCUT2D eigenvalue weighted by molar-refractivity contribution is 5.69. The molecule has 5 nitrogen and oxygen atoms in total. The van der Waals surface area contributed by atoms with Gasteiger partial charge in [0.15, 0.2) is 0 Å². The van der Waals surface area contributed by atoms with Gasteiger partial charge in [0.2, 0.25) is 0 Å². The number of aliphatic hydroxyl groups is 1. The largest absolute Gasteiger partial charge is 0.444 e. The van der Waals surface area contributed by atoms with Crippen LogP contribution in [0.3, 0.4) is 0 Å². The molecule has 2 rings (SSSR count). The van der Waals surface area contributed by atoms with Gasteiger partial charge in [0, 0.05) is 25.4 Å². The van der Waals surface area contributed by atoms with Crippen LogP contribution in [0.4, 0.5) is 10.5 Å². The van der Waals surface area contributed by atoms with Crippen molar-refractivity contribution in [2.75, 3.05) is 25.0 Å². The van der Waals surface area contributed by atoms with Gasteiger partial charge in [-0.1, -0.05) is 12.1 Å². The molecule has 0 aromatic heterocycles. The topological polar surface area (TPSA) is 61.8 Å². The second kappa shape index (κ2) is 7.68. The molecule has 1 aliphatic rings. The summed E-state index contributed by atoms with van der Waals surface area (Å²) in [5, 5.41) is 12.3. The molecule has 0 bridgehead atoms. The first-order valence-corrected chi connectivity index (χ1v) is 8.32. The fourth-order valence-electron chi connectivity index (χ4n) is 2.76. The second-order valence-corrected chi connectivity index (χ2v) is 7.02. The molecule has 0 aliphatic carbocycles. The Hall–Kier alpha value is -1.75. The van der Waals surface area contributed by atoms with Gasteiger partial charge in [-0.25, -0.2) is 4.79 Å². The number of benzene rings is 1. The molecule has 0 saturated carbocycles. The van der Waals surface area contributed by atoms with Crippen LogP contribution in [0.25, 0.3) is 0 Å². The van der Waals surface area contributed by atoms with Gasteiger partial charge in [-0.2, -0.15) is 0 Å². The van der Waals surface area contributed by atoms with E-state index in [1.54, 1.807) is 0 Å². The van der Waals surface area contributed by atoms with E-state index in [-0.39, 0.29) is 18.7 Å². The van der Waals surface area contributed by atoms with Crippen molar-refractivity contribution < 1.29 is 14.6 Å². The highest BCUT2D eigenvalue weighted by Crippen LogP contribution is 2.21. The number of likely N-dealkylation sites (tertiary alicyclic amines) is 1. The zero-order valence-electron chi connectivity index (χ0n) is 14.3. The van der Waals surface area contributed by atoms with Crippen LogP contribution in [0.15, 0.2) is 24.3 Å². The Balaban J connectivity index is 1.87. The van der Waals surface area contributed by atoms with Crippen LogP contribution in [0.2, 0.25) is 0 Å². The number of amides is 1. The van der Waals surface area contributed by atoms with Crippen molar-refractivity contribution in [1.82, 2.24) is 4.90 Å². The Labute approximate surface area is 138 Å². The molecule has 5 heteroatoms. The van der Waals surface area contributed by atoms with Crippen LogP contribution in [-0.4, -0.2) is 47.4 Å². The van der Waals surface area contributed by atoms with Crippen LogP contribution in [-0.2, 0) is 11.2 Å². The van der Waals surface area contributed by atoms with Gasteiger partial charge in [-0.05, 0) is 57.7 Å². The normalized spacial score (nSPS) is 18.1. The highest BCUT2D eigenvalue weighted by atomic mass is 16.6. The van der Waals surface area contributed by atoms with E-state index in [1.807, 2.05) is 49.9 Å². The first-order valence-electron chi connectivity index (χ1n) is 8.32. The predicted octanol–water partition coefficient (Wildman–Crippen LogP) is 3.03. The van der Waals surface area contributed by atoms with Crippen molar-refractivity contribution in [3.05, 3.63) is 29.8 Å². The minimum atomic E-state index is -0.458. The summed E-state index contributed by atoms with van der Waals surface area (Å²) in [5.41, 5.74) is 1.69. The van der Waals surface area contributed by atoms with Gasteiger partial charge in [0.25, 0.3) is 0 Å². The number of hydrogen-bond acceptors (Lipinski definition) is 4. The third kappa shape index (κ3) is 5.43. The maximum atomic E-state index is 12.3. The standard InChI is InChI=1S/C18H28N2O3/c1-18(2,3)23-17(22)20-11-4-5-16(20)13-19-15-8-6-14(7-9-15)10-12-21/h6-9,16,19,21H,4-5,10-13H2,1-3H3. The molecule has 1 saturated heterocycles. The molecule has 1 aromatic rings. The summed E-state index contributed by atoms with van der Waals surface area (Å²) in [6.07, 6.45) is 2.46. The average Bonchev–Trinajstić information content (AvgIpc) is 2.94. The lowest BCUT2D eigenvalue weighted by atomic mass is 10.1. The van der Waals surface area contributed by atoms with E-state index >= 15 is 0 Å². The Bertz CT molecular complexity index is 508. The smallest absolute Gasteiger partial charge is 0.410 e. The molecule has 1 heterocycles. The van der Waals surface area contributed by atoms with Crippen molar-refractivity contribution in [3.63, 3.8) is 0 Å². The second-order valence-electron chi connectivity index (χ2n) is 7.02. The van der Waals surface area contributed by atoms with Gasteiger partial charge < -0.3 is 20.1 Å². The van der Waals surface area contributed by atoms with E-state index in [4.69, 9.17) is 9.84 Å². The molecule has 128 valence electrons. The molecule has 1 fully saturated rings. The van der Waals surface area contributed by atoms with Crippen molar-refractivity contribution in [1.29, 1.82) is 0 Å². The summed E-state index contributed by atoms with van der Waals surface area (Å²) < 4.78 is 5.48. The van der Waals surface area contributed by atoms with Crippen LogP contribution in [0, 0.1) is 0 Å². The SMILES string of the molecule is CC(C)(C)OC(=O)N1CCCC1CNc1ccc(CCO)cc1. The summed E-state index contributed by atoms with van der Waals surface area (Å²) >= 11 is 0. The van der Waals surface area contributed by atoms with Crippen LogP contribution < -0.4 is 5.32 Å². The van der Waals surface area contributed by atoms with Gasteiger partial charge >= 0.3 is 6.09 Å². The van der Waals surface area contributed by atoms with Gasteiger partial charge in [-0.15, -0.1) is 0 Å². The van der Waals surface area contributed by atoms with E-state index in [0.717, 1.165) is 37.2 Å². The number of carbonyl (C=O) groups excluding carboxylic acids is 1. The van der Waals surface area contributed by atoms with Crippen molar-refractivity contribution in [2.24, 2.45) is 0 Å². The summed E-state index contributed by atoms with van der Waals surface area (Å²) in [6.45, 7) is 7.32. The number of carbonyl (C=O) groups is 1. The fourth-order valence-corrected chi connectivity index (χ4v) is 2.76. The number of hydrogen-bond donors (Lipinski definition) is 2. The molecule has 1 aromatic carbocycles. The molecule has 23 heavy (non-hydrogen) atoms. The fraction of sp³-hybridized carbons (Fsp3) is 0.611. The molecule has 2 N–H and O–H groups in total. The number of anilines is 1. The molecule has 1 amide bonds. The van der Waals surface area contributed by atoms with Gasteiger partial charge in [-0.3, -0.25) is 0 Å². The molecule has 0 radical (unpaired) electrons. The third-order valence-electron chi connectivity index (χ3n) is 3.90. The first kappa shape index (κ1) is 17.6. The first-order chi connectivity index (χ1) is 10.9. The minimum absolute atomic E-state index is 0.166. The maximum Gasteiger partial charge on any atom is 0.410 e. The monoisotopic (exact) mass is 320 g/mol. The van der Waals surface area contributed by atoms with Crippen molar-refractivity contribution in [2.45, 2.75) is 51.7 Å². The van der Waals surface area contributed by atoms with Crippen molar-refractivity contribution in [3.8, 4) is 0 Å². The lowest BCUT2D eigenvalue weighted by Gasteiger charge is -2.29. The van der Waals surface area contributed by atoms with E-state index in [0.29, 0.717) is 6.42 Å². The quantitative estimate of drug-likeness (QED) is 0.875. The molecule has 1 aliphatic heterocycles. The Morgan fingerprint density at radius 2 is 2.04 bits per heavy atom. The van der Waals surface area contributed by atoms with E-state index in [9.17, 15) is 4.79 Å². The van der Waals surface area contributed by atoms with E-state index < -0.39 is 5.60 Å². The maximum absolute atomic E-state index is 12.3. The summed E-state index contributed by atoms with van der Waals surface area (Å²) in [5.74, 6) is 0. The Morgan fingerprint density at radius 3 is 2.65 bits per heavy atom. The Kier molecular flexibility index (Phi) is 5.88. The van der Waals surface area contributed by atoms with Crippen molar-refractivity contribution >= 4 is 11.8 Å². The molecular weight excluding hydrogens is 292 g/mol. The molecule has 1 unspecified atom stereocenters. The Morgan fingerprint density at radius 1 is 1.35 bits per heavy atom. The lowest BCUT2D eigenvalue weighted by Crippen LogP contribution is -2.42. The zero-order chi connectivity index (χ0) is 16.9. The summed E-state index contributed by atoms with van der Waals surface area (Å²) in [4.78, 5) is 14.1. The molecular formula is C18H28N2O3. The third-order valence-corrected chi connectivity index (χ3v) is 3.90. The van der Waals surface area contributed by atoms with Gasteiger partial charge in [0.05, 0.1) is 6.04 Å². The van der Waals surface area contributed by atoms with Gasteiger partial charge in [0.1, 0.15) is 5.60 Å². The number of ether oxygens (including phenoxy) is 1. The van der Waals surface area contributed by atoms with Crippen LogP contribution in [0.1, 0.15) is 39.2 Å². The van der Waals surface area contributed by atoms with E-state index in [1.165, 1.54) is 0 Å². The molecule has 0 spiro atoms. The molecule has 1 atom stereocenters. The number of nitrogens with one attached hydrogen (secondary N) is 1. The number of aliphatic hydroxyl groups excluding tert-OH is 1. The summed E-state index contributed by atoms with van der Waals surface area (Å²) in [7, 11) is 0.